The molecule has 1 atom stereocenters. The minimum Gasteiger partial charge on any atom is -0.327 e. The number of thiophene rings is 1. The summed E-state index contributed by atoms with van der Waals surface area (Å²) in [5, 5.41) is 1.99. The summed E-state index contributed by atoms with van der Waals surface area (Å²) in [6, 6.07) is 4.02. The van der Waals surface area contributed by atoms with Gasteiger partial charge in [-0.3, -0.25) is 4.79 Å². The molecule has 68 valence electrons. The van der Waals surface area contributed by atoms with E-state index in [1.165, 1.54) is 0 Å². The van der Waals surface area contributed by atoms with E-state index in [0.29, 0.717) is 0 Å². The van der Waals surface area contributed by atoms with Gasteiger partial charge in [-0.2, -0.15) is 0 Å². The van der Waals surface area contributed by atoms with E-state index >= 15 is 0 Å². The van der Waals surface area contributed by atoms with Gasteiger partial charge in [-0.05, 0) is 24.3 Å². The summed E-state index contributed by atoms with van der Waals surface area (Å²) < 4.78 is 0. The summed E-state index contributed by atoms with van der Waals surface area (Å²) in [5.41, 5.74) is 0. The first-order valence-electron chi connectivity index (χ1n) is 3.93. The van der Waals surface area contributed by atoms with Gasteiger partial charge in [-0.15, -0.1) is 17.8 Å². The number of rotatable bonds is 2. The fourth-order valence-corrected chi connectivity index (χ4v) is 1.82. The lowest BCUT2D eigenvalue weighted by Gasteiger charge is -2.21. The summed E-state index contributed by atoms with van der Waals surface area (Å²) in [7, 11) is 1.71. The van der Waals surface area contributed by atoms with Crippen LogP contribution in [0.4, 0.5) is 0 Å². The van der Waals surface area contributed by atoms with Crippen molar-refractivity contribution in [1.29, 1.82) is 0 Å². The third kappa shape index (κ3) is 2.10. The number of terminal acetylenes is 1. The van der Waals surface area contributed by atoms with Crippen molar-refractivity contribution < 1.29 is 4.79 Å². The lowest BCUT2D eigenvalue weighted by molar-refractivity contribution is -0.125. The first-order chi connectivity index (χ1) is 6.16. The first kappa shape index (κ1) is 9.82. The zero-order valence-corrected chi connectivity index (χ0v) is 8.47. The Morgan fingerprint density at radius 2 is 2.46 bits per heavy atom. The van der Waals surface area contributed by atoms with Gasteiger partial charge in [-0.25, -0.2) is 0 Å². The molecule has 2 nitrogen and oxygen atoms in total. The van der Waals surface area contributed by atoms with Crippen molar-refractivity contribution in [2.45, 2.75) is 13.0 Å². The summed E-state index contributed by atoms with van der Waals surface area (Å²) in [6.07, 6.45) is 5.03. The summed E-state index contributed by atoms with van der Waals surface area (Å²) in [6.45, 7) is 1.96. The molecule has 0 aliphatic carbocycles. The highest BCUT2D eigenvalue weighted by Gasteiger charge is 2.15. The molecule has 0 N–H and O–H groups in total. The van der Waals surface area contributed by atoms with Crippen LogP contribution in [0.2, 0.25) is 0 Å². The largest absolute Gasteiger partial charge is 0.327 e. The number of amides is 1. The van der Waals surface area contributed by atoms with Crippen molar-refractivity contribution in [2.75, 3.05) is 7.05 Å². The molecule has 1 amide bonds. The van der Waals surface area contributed by atoms with Gasteiger partial charge >= 0.3 is 0 Å². The third-order valence-electron chi connectivity index (χ3n) is 1.98. The SMILES string of the molecule is C#CC(=O)N(C)C(C)c1cccs1. The summed E-state index contributed by atoms with van der Waals surface area (Å²) in [5.74, 6) is 1.82. The van der Waals surface area contributed by atoms with Crippen LogP contribution in [0.5, 0.6) is 0 Å². The molecule has 0 radical (unpaired) electrons. The van der Waals surface area contributed by atoms with E-state index in [4.69, 9.17) is 6.42 Å². The molecule has 1 aromatic rings. The van der Waals surface area contributed by atoms with Gasteiger partial charge in [0.1, 0.15) is 0 Å². The van der Waals surface area contributed by atoms with Crippen molar-refractivity contribution in [3.8, 4) is 12.3 Å². The smallest absolute Gasteiger partial charge is 0.298 e. The monoisotopic (exact) mass is 193 g/mol. The van der Waals surface area contributed by atoms with Crippen molar-refractivity contribution in [1.82, 2.24) is 4.90 Å². The van der Waals surface area contributed by atoms with Gasteiger partial charge in [0.2, 0.25) is 0 Å². The molecule has 0 spiro atoms. The Kier molecular flexibility index (Phi) is 3.10. The lowest BCUT2D eigenvalue weighted by atomic mass is 10.2. The van der Waals surface area contributed by atoms with Crippen LogP contribution in [0.25, 0.3) is 0 Å². The van der Waals surface area contributed by atoms with Gasteiger partial charge in [0.15, 0.2) is 0 Å². The maximum absolute atomic E-state index is 11.1. The fourth-order valence-electron chi connectivity index (χ4n) is 0.998. The Labute approximate surface area is 82.2 Å². The predicted octanol–water partition coefficient (Wildman–Crippen LogP) is 1.90. The van der Waals surface area contributed by atoms with E-state index < -0.39 is 0 Å². The van der Waals surface area contributed by atoms with Crippen LogP contribution in [0, 0.1) is 12.3 Å². The van der Waals surface area contributed by atoms with Gasteiger partial charge in [0, 0.05) is 11.9 Å². The molecule has 1 aromatic heterocycles. The van der Waals surface area contributed by atoms with E-state index in [9.17, 15) is 4.79 Å². The van der Waals surface area contributed by atoms with Gasteiger partial charge in [0.05, 0.1) is 6.04 Å². The molecule has 1 heterocycles. The average Bonchev–Trinajstić information content (AvgIpc) is 2.67. The maximum atomic E-state index is 11.1. The fraction of sp³-hybridized carbons (Fsp3) is 0.300. The summed E-state index contributed by atoms with van der Waals surface area (Å²) in [4.78, 5) is 13.8. The van der Waals surface area contributed by atoms with E-state index in [0.717, 1.165) is 4.88 Å². The quantitative estimate of drug-likeness (QED) is 0.657. The topological polar surface area (TPSA) is 20.3 Å². The van der Waals surface area contributed by atoms with Crippen LogP contribution in [-0.2, 0) is 4.79 Å². The van der Waals surface area contributed by atoms with Gasteiger partial charge < -0.3 is 4.90 Å². The van der Waals surface area contributed by atoms with Gasteiger partial charge in [0.25, 0.3) is 5.91 Å². The van der Waals surface area contributed by atoms with Crippen molar-refractivity contribution in [3.63, 3.8) is 0 Å². The average molecular weight is 193 g/mol. The van der Waals surface area contributed by atoms with Crippen LogP contribution in [0.15, 0.2) is 17.5 Å². The molecule has 3 heteroatoms. The van der Waals surface area contributed by atoms with E-state index in [-0.39, 0.29) is 11.9 Å². The van der Waals surface area contributed by atoms with Crippen molar-refractivity contribution in [2.24, 2.45) is 0 Å². The Balaban J connectivity index is 2.75. The molecule has 0 fully saturated rings. The number of carbonyl (C=O) groups is 1. The van der Waals surface area contributed by atoms with Crippen LogP contribution in [0.1, 0.15) is 17.8 Å². The Bertz CT molecular complexity index is 323. The highest BCUT2D eigenvalue weighted by atomic mass is 32.1. The molecule has 0 aromatic carbocycles. The molecule has 1 unspecified atom stereocenters. The number of carbonyl (C=O) groups excluding carboxylic acids is 1. The van der Waals surface area contributed by atoms with Crippen LogP contribution < -0.4 is 0 Å². The molecule has 0 saturated heterocycles. The molecular weight excluding hydrogens is 182 g/mol. The van der Waals surface area contributed by atoms with E-state index in [2.05, 4.69) is 5.92 Å². The molecule has 0 bridgehead atoms. The zero-order chi connectivity index (χ0) is 9.84. The third-order valence-corrected chi connectivity index (χ3v) is 3.02. The molecule has 0 saturated carbocycles. The number of nitrogens with zero attached hydrogens (tertiary/aromatic N) is 1. The standard InChI is InChI=1S/C10H11NOS/c1-4-10(12)11(3)8(2)9-6-5-7-13-9/h1,5-8H,2-3H3. The molecular formula is C10H11NOS. The highest BCUT2D eigenvalue weighted by molar-refractivity contribution is 7.10. The van der Waals surface area contributed by atoms with Crippen LogP contribution >= 0.6 is 11.3 Å². The lowest BCUT2D eigenvalue weighted by Crippen LogP contribution is -2.27. The zero-order valence-electron chi connectivity index (χ0n) is 7.65. The van der Waals surface area contributed by atoms with E-state index in [1.54, 1.807) is 23.3 Å². The maximum Gasteiger partial charge on any atom is 0.298 e. The second-order valence-electron chi connectivity index (χ2n) is 2.75. The number of hydrogen-bond donors (Lipinski definition) is 0. The Hall–Kier alpha value is -1.27. The molecule has 0 aliphatic heterocycles. The van der Waals surface area contributed by atoms with Crippen LogP contribution in [-0.4, -0.2) is 17.9 Å². The minimum absolute atomic E-state index is 0.0588. The predicted molar refractivity (Wildman–Crippen MR) is 54.3 cm³/mol. The van der Waals surface area contributed by atoms with Gasteiger partial charge in [-0.1, -0.05) is 6.07 Å². The van der Waals surface area contributed by atoms with Crippen molar-refractivity contribution in [3.05, 3.63) is 22.4 Å². The summed E-state index contributed by atoms with van der Waals surface area (Å²) >= 11 is 1.62. The molecule has 13 heavy (non-hydrogen) atoms. The highest BCUT2D eigenvalue weighted by Crippen LogP contribution is 2.22. The number of hydrogen-bond acceptors (Lipinski definition) is 2. The first-order valence-corrected chi connectivity index (χ1v) is 4.81. The van der Waals surface area contributed by atoms with E-state index in [1.807, 2.05) is 24.4 Å². The molecule has 0 aliphatic rings. The normalized spacial score (nSPS) is 11.8. The Morgan fingerprint density at radius 1 is 1.77 bits per heavy atom. The second-order valence-corrected chi connectivity index (χ2v) is 3.73. The van der Waals surface area contributed by atoms with Crippen molar-refractivity contribution >= 4 is 17.2 Å². The minimum atomic E-state index is -0.277. The Morgan fingerprint density at radius 3 is 2.92 bits per heavy atom. The molecule has 1 rings (SSSR count). The van der Waals surface area contributed by atoms with Crippen LogP contribution in [0.3, 0.4) is 0 Å². The second kappa shape index (κ2) is 4.11.